The summed E-state index contributed by atoms with van der Waals surface area (Å²) in [5, 5.41) is 13.5. The summed E-state index contributed by atoms with van der Waals surface area (Å²) < 4.78 is 5.61. The van der Waals surface area contributed by atoms with Crippen LogP contribution in [0.3, 0.4) is 0 Å². The van der Waals surface area contributed by atoms with Crippen LogP contribution in [0.15, 0.2) is 24.3 Å². The van der Waals surface area contributed by atoms with E-state index in [1.807, 2.05) is 26.0 Å². The van der Waals surface area contributed by atoms with E-state index in [9.17, 15) is 9.90 Å². The number of carbonyl (C=O) groups excluding carboxylic acids is 1. The number of nitrogens with one attached hydrogen (secondary N) is 1. The van der Waals surface area contributed by atoms with E-state index < -0.39 is 5.60 Å². The van der Waals surface area contributed by atoms with Crippen molar-refractivity contribution < 1.29 is 14.6 Å². The lowest BCUT2D eigenvalue weighted by Crippen LogP contribution is -2.45. The highest BCUT2D eigenvalue weighted by atomic mass is 16.5. The van der Waals surface area contributed by atoms with Crippen molar-refractivity contribution >= 4 is 5.91 Å². The van der Waals surface area contributed by atoms with E-state index in [0.717, 1.165) is 6.54 Å². The Morgan fingerprint density at radius 2 is 2.29 bits per heavy atom. The van der Waals surface area contributed by atoms with Gasteiger partial charge in [0.05, 0.1) is 18.2 Å². The number of β-amino-alcohol motifs (C(OH)–C–C–N with tert-alkyl or cyclic N) is 1. The number of rotatable bonds is 5. The summed E-state index contributed by atoms with van der Waals surface area (Å²) in [6.45, 7) is 5.54. The molecule has 5 heteroatoms. The molecule has 1 unspecified atom stereocenters. The molecule has 1 atom stereocenters. The molecular formula is C16H24N2O3. The van der Waals surface area contributed by atoms with Crippen molar-refractivity contribution in [3.63, 3.8) is 0 Å². The molecule has 5 nitrogen and oxygen atoms in total. The van der Waals surface area contributed by atoms with Crippen LogP contribution in [0, 0.1) is 0 Å². The van der Waals surface area contributed by atoms with Gasteiger partial charge in [-0.3, -0.25) is 4.79 Å². The third kappa shape index (κ3) is 4.19. The van der Waals surface area contributed by atoms with Crippen LogP contribution in [-0.2, 0) is 0 Å². The molecule has 1 aromatic rings. The monoisotopic (exact) mass is 292 g/mol. The molecular weight excluding hydrogens is 268 g/mol. The lowest BCUT2D eigenvalue weighted by molar-refractivity contribution is 0.0252. The fourth-order valence-corrected chi connectivity index (χ4v) is 2.57. The van der Waals surface area contributed by atoms with Crippen LogP contribution in [0.1, 0.15) is 30.6 Å². The second-order valence-corrected chi connectivity index (χ2v) is 6.01. The molecule has 1 saturated heterocycles. The molecule has 2 rings (SSSR count). The molecule has 116 valence electrons. The van der Waals surface area contributed by atoms with Gasteiger partial charge in [0.25, 0.3) is 5.91 Å². The van der Waals surface area contributed by atoms with Gasteiger partial charge in [0.1, 0.15) is 5.75 Å². The molecule has 1 fully saturated rings. The van der Waals surface area contributed by atoms with Crippen molar-refractivity contribution in [3.05, 3.63) is 29.8 Å². The molecule has 1 heterocycles. The van der Waals surface area contributed by atoms with Gasteiger partial charge in [0.2, 0.25) is 0 Å². The van der Waals surface area contributed by atoms with Crippen LogP contribution >= 0.6 is 0 Å². The molecule has 0 saturated carbocycles. The molecule has 1 amide bonds. The van der Waals surface area contributed by atoms with Gasteiger partial charge in [-0.25, -0.2) is 0 Å². The van der Waals surface area contributed by atoms with E-state index in [-0.39, 0.29) is 12.0 Å². The van der Waals surface area contributed by atoms with E-state index in [4.69, 9.17) is 4.74 Å². The number of benzene rings is 1. The van der Waals surface area contributed by atoms with Crippen molar-refractivity contribution in [2.45, 2.75) is 32.0 Å². The number of amides is 1. The zero-order chi connectivity index (χ0) is 15.5. The highest BCUT2D eigenvalue weighted by Crippen LogP contribution is 2.19. The first-order valence-electron chi connectivity index (χ1n) is 7.35. The maximum absolute atomic E-state index is 12.5. The van der Waals surface area contributed by atoms with Crippen LogP contribution in [0.25, 0.3) is 0 Å². The Bertz CT molecular complexity index is 496. The number of carbonyl (C=O) groups is 1. The van der Waals surface area contributed by atoms with Crippen LogP contribution < -0.4 is 10.1 Å². The third-order valence-corrected chi connectivity index (χ3v) is 3.55. The van der Waals surface area contributed by atoms with Crippen molar-refractivity contribution in [1.29, 1.82) is 0 Å². The molecule has 0 bridgehead atoms. The summed E-state index contributed by atoms with van der Waals surface area (Å²) in [7, 11) is 1.72. The predicted molar refractivity (Wildman–Crippen MR) is 81.6 cm³/mol. The summed E-state index contributed by atoms with van der Waals surface area (Å²) in [6, 6.07) is 7.16. The Balaban J connectivity index is 2.04. The molecule has 1 aliphatic rings. The summed E-state index contributed by atoms with van der Waals surface area (Å²) in [6.07, 6.45) is 0.736. The SMILES string of the molecule is CC(C)Oc1cccc(C(=O)N(C)CC2(O)CCNC2)c1. The smallest absolute Gasteiger partial charge is 0.253 e. The predicted octanol–water partition coefficient (Wildman–Crippen LogP) is 1.27. The van der Waals surface area contributed by atoms with Crippen molar-refractivity contribution in [1.82, 2.24) is 10.2 Å². The fraction of sp³-hybridized carbons (Fsp3) is 0.562. The van der Waals surface area contributed by atoms with E-state index >= 15 is 0 Å². The zero-order valence-electron chi connectivity index (χ0n) is 12.9. The summed E-state index contributed by atoms with van der Waals surface area (Å²) in [5.41, 5.74) is -0.249. The van der Waals surface area contributed by atoms with Gasteiger partial charge in [0, 0.05) is 19.2 Å². The summed E-state index contributed by atoms with van der Waals surface area (Å²) >= 11 is 0. The maximum Gasteiger partial charge on any atom is 0.253 e. The number of ether oxygens (including phenoxy) is 1. The van der Waals surface area contributed by atoms with E-state index in [2.05, 4.69) is 5.32 Å². The second kappa shape index (κ2) is 6.45. The largest absolute Gasteiger partial charge is 0.491 e. The topological polar surface area (TPSA) is 61.8 Å². The minimum absolute atomic E-state index is 0.0679. The summed E-state index contributed by atoms with van der Waals surface area (Å²) in [4.78, 5) is 14.0. The molecule has 0 aliphatic carbocycles. The fourth-order valence-electron chi connectivity index (χ4n) is 2.57. The molecule has 0 radical (unpaired) electrons. The highest BCUT2D eigenvalue weighted by molar-refractivity contribution is 5.94. The van der Waals surface area contributed by atoms with E-state index in [0.29, 0.717) is 30.8 Å². The standard InChI is InChI=1S/C16H24N2O3/c1-12(2)21-14-6-4-5-13(9-14)15(19)18(3)11-16(20)7-8-17-10-16/h4-6,9,12,17,20H,7-8,10-11H2,1-3H3. The average Bonchev–Trinajstić information content (AvgIpc) is 2.83. The van der Waals surface area contributed by atoms with E-state index in [1.54, 1.807) is 24.1 Å². The van der Waals surface area contributed by atoms with Crippen LogP contribution in [0.5, 0.6) is 5.75 Å². The van der Waals surface area contributed by atoms with Gasteiger partial charge >= 0.3 is 0 Å². The van der Waals surface area contributed by atoms with E-state index in [1.165, 1.54) is 0 Å². The Hall–Kier alpha value is -1.59. The highest BCUT2D eigenvalue weighted by Gasteiger charge is 2.33. The molecule has 1 aliphatic heterocycles. The van der Waals surface area contributed by atoms with Crippen molar-refractivity contribution in [2.24, 2.45) is 0 Å². The van der Waals surface area contributed by atoms with Crippen molar-refractivity contribution in [3.8, 4) is 5.75 Å². The number of likely N-dealkylation sites (N-methyl/N-ethyl adjacent to an activating group) is 1. The number of aliphatic hydroxyl groups is 1. The lowest BCUT2D eigenvalue weighted by atomic mass is 10.0. The number of nitrogens with zero attached hydrogens (tertiary/aromatic N) is 1. The Morgan fingerprint density at radius 3 is 2.90 bits per heavy atom. The van der Waals surface area contributed by atoms with Crippen molar-refractivity contribution in [2.75, 3.05) is 26.7 Å². The molecule has 0 aromatic heterocycles. The number of hydrogen-bond acceptors (Lipinski definition) is 4. The minimum atomic E-state index is -0.823. The normalized spacial score (nSPS) is 21.6. The lowest BCUT2D eigenvalue weighted by Gasteiger charge is -2.28. The van der Waals surface area contributed by atoms with Crippen LogP contribution in [0.2, 0.25) is 0 Å². The van der Waals surface area contributed by atoms with Gasteiger partial charge in [-0.2, -0.15) is 0 Å². The van der Waals surface area contributed by atoms with Gasteiger partial charge in [-0.05, 0) is 45.0 Å². The first-order chi connectivity index (χ1) is 9.89. The third-order valence-electron chi connectivity index (χ3n) is 3.55. The van der Waals surface area contributed by atoms with Crippen LogP contribution in [-0.4, -0.2) is 54.3 Å². The number of hydrogen-bond donors (Lipinski definition) is 2. The second-order valence-electron chi connectivity index (χ2n) is 6.01. The Morgan fingerprint density at radius 1 is 1.52 bits per heavy atom. The average molecular weight is 292 g/mol. The minimum Gasteiger partial charge on any atom is -0.491 e. The quantitative estimate of drug-likeness (QED) is 0.858. The van der Waals surface area contributed by atoms with Gasteiger partial charge in [-0.1, -0.05) is 6.07 Å². The zero-order valence-corrected chi connectivity index (χ0v) is 12.9. The molecule has 21 heavy (non-hydrogen) atoms. The maximum atomic E-state index is 12.5. The van der Waals surface area contributed by atoms with Gasteiger partial charge in [-0.15, -0.1) is 0 Å². The molecule has 1 aromatic carbocycles. The molecule has 0 spiro atoms. The molecule has 2 N–H and O–H groups in total. The van der Waals surface area contributed by atoms with Gasteiger partial charge < -0.3 is 20.1 Å². The first kappa shape index (κ1) is 15.8. The van der Waals surface area contributed by atoms with Crippen LogP contribution in [0.4, 0.5) is 0 Å². The Labute approximate surface area is 125 Å². The Kier molecular flexibility index (Phi) is 4.85. The summed E-state index contributed by atoms with van der Waals surface area (Å²) in [5.74, 6) is 0.579. The first-order valence-corrected chi connectivity index (χ1v) is 7.35. The van der Waals surface area contributed by atoms with Gasteiger partial charge in [0.15, 0.2) is 0 Å².